The zero-order valence-corrected chi connectivity index (χ0v) is 12.6. The van der Waals surface area contributed by atoms with E-state index in [-0.39, 0.29) is 50.9 Å². The molecule has 0 aliphatic rings. The van der Waals surface area contributed by atoms with Gasteiger partial charge in [0, 0.05) is 0 Å². The topological polar surface area (TPSA) is 0 Å². The van der Waals surface area contributed by atoms with Gasteiger partial charge in [-0.1, -0.05) is 0 Å². The maximum absolute atomic E-state index is 2.24. The molecule has 0 aliphatic heterocycles. The SMILES string of the molecule is Br.Br.Br.CC(C)[CH2][Zr]. The number of halogens is 3. The Morgan fingerprint density at radius 1 is 1.12 bits per heavy atom. The van der Waals surface area contributed by atoms with Gasteiger partial charge in [0.05, 0.1) is 0 Å². The summed E-state index contributed by atoms with van der Waals surface area (Å²) in [6, 6.07) is 0. The molecule has 0 fully saturated rings. The first kappa shape index (κ1) is 22.4. The van der Waals surface area contributed by atoms with Crippen molar-refractivity contribution in [2.45, 2.75) is 18.0 Å². The van der Waals surface area contributed by atoms with Crippen LogP contribution in [0, 0.1) is 5.92 Å². The van der Waals surface area contributed by atoms with Gasteiger partial charge in [-0.25, -0.2) is 0 Å². The Morgan fingerprint density at radius 3 is 1.25 bits per heavy atom. The first-order valence-corrected chi connectivity index (χ1v) is 3.65. The third kappa shape index (κ3) is 23.9. The van der Waals surface area contributed by atoms with Crippen molar-refractivity contribution in [3.63, 3.8) is 0 Å². The Labute approximate surface area is 98.3 Å². The summed E-state index contributed by atoms with van der Waals surface area (Å²) < 4.78 is 1.40. The third-order valence-corrected chi connectivity index (χ3v) is 2.42. The minimum atomic E-state index is 0. The molecule has 0 saturated heterocycles. The van der Waals surface area contributed by atoms with Crippen LogP contribution in [0.3, 0.4) is 0 Å². The van der Waals surface area contributed by atoms with E-state index in [0.717, 1.165) is 5.92 Å². The molecule has 0 nitrogen and oxygen atoms in total. The van der Waals surface area contributed by atoms with Crippen LogP contribution in [0.4, 0.5) is 0 Å². The molecule has 0 unspecified atom stereocenters. The van der Waals surface area contributed by atoms with E-state index in [1.165, 1.54) is 4.13 Å². The van der Waals surface area contributed by atoms with Crippen molar-refractivity contribution in [1.29, 1.82) is 0 Å². The second kappa shape index (κ2) is 16.2. The van der Waals surface area contributed by atoms with E-state index in [4.69, 9.17) is 0 Å². The molecule has 0 bridgehead atoms. The number of hydrogen-bond acceptors (Lipinski definition) is 0. The molecule has 0 rings (SSSR count). The summed E-state index contributed by atoms with van der Waals surface area (Å²) in [7, 11) is 0. The molecule has 8 heavy (non-hydrogen) atoms. The van der Waals surface area contributed by atoms with E-state index in [9.17, 15) is 0 Å². The molecule has 0 aromatic carbocycles. The molecule has 53 valence electrons. The Morgan fingerprint density at radius 2 is 1.25 bits per heavy atom. The standard InChI is InChI=1S/C4H9.3BrH.Zr/c1-4(2)3;;;;/h4H,1H2,2-3H3;3*1H;. The predicted octanol–water partition coefficient (Wildman–Crippen LogP) is 3.34. The van der Waals surface area contributed by atoms with Crippen molar-refractivity contribution in [3.05, 3.63) is 0 Å². The van der Waals surface area contributed by atoms with Crippen LogP contribution in [0.25, 0.3) is 0 Å². The van der Waals surface area contributed by atoms with Crippen molar-refractivity contribution < 1.29 is 24.7 Å². The zero-order chi connectivity index (χ0) is 4.28. The molecule has 0 aromatic heterocycles. The fourth-order valence-corrected chi connectivity index (χ4v) is 0. The van der Waals surface area contributed by atoms with Crippen LogP contribution in [0.15, 0.2) is 0 Å². The summed E-state index contributed by atoms with van der Waals surface area (Å²) in [5.41, 5.74) is 0. The molecule has 0 saturated carbocycles. The Balaban J connectivity index is -0.0000000267. The maximum atomic E-state index is 2.24. The second-order valence-electron chi connectivity index (χ2n) is 1.60. The zero-order valence-electron chi connectivity index (χ0n) is 5.01. The van der Waals surface area contributed by atoms with Gasteiger partial charge in [-0.2, -0.15) is 0 Å². The fraction of sp³-hybridized carbons (Fsp3) is 1.00. The molecule has 0 aromatic rings. The molecular formula is C4H12Br3Zr. The molecule has 4 heteroatoms. The number of hydrogen-bond donors (Lipinski definition) is 0. The van der Waals surface area contributed by atoms with E-state index >= 15 is 0 Å². The minimum absolute atomic E-state index is 0. The van der Waals surface area contributed by atoms with Gasteiger partial charge in [0.2, 0.25) is 0 Å². The van der Waals surface area contributed by atoms with E-state index < -0.39 is 0 Å². The molecule has 0 amide bonds. The van der Waals surface area contributed by atoms with E-state index in [0.29, 0.717) is 0 Å². The fourth-order valence-electron chi connectivity index (χ4n) is 0. The van der Waals surface area contributed by atoms with Gasteiger partial charge in [0.15, 0.2) is 0 Å². The van der Waals surface area contributed by atoms with Crippen LogP contribution in [0.1, 0.15) is 13.8 Å². The quantitative estimate of drug-likeness (QED) is 0.644. The van der Waals surface area contributed by atoms with Gasteiger partial charge in [-0.15, -0.1) is 50.9 Å². The molecule has 0 radical (unpaired) electrons. The van der Waals surface area contributed by atoms with E-state index in [1.54, 1.807) is 24.7 Å². The molecule has 0 spiro atoms. The summed E-state index contributed by atoms with van der Waals surface area (Å²) >= 11 is 1.66. The van der Waals surface area contributed by atoms with Gasteiger partial charge < -0.3 is 0 Å². The number of rotatable bonds is 1. The van der Waals surface area contributed by atoms with Crippen LogP contribution in [-0.4, -0.2) is 0 Å². The summed E-state index contributed by atoms with van der Waals surface area (Å²) in [5.74, 6) is 0.924. The monoisotopic (exact) mass is 387 g/mol. The third-order valence-electron chi connectivity index (χ3n) is 0.408. The molecule has 0 atom stereocenters. The molecule has 0 aliphatic carbocycles. The van der Waals surface area contributed by atoms with E-state index in [2.05, 4.69) is 13.8 Å². The summed E-state index contributed by atoms with van der Waals surface area (Å²) in [5, 5.41) is 0. The molecule has 0 N–H and O–H groups in total. The molecular weight excluding hydrogens is 379 g/mol. The first-order chi connectivity index (χ1) is 2.27. The van der Waals surface area contributed by atoms with E-state index in [1.807, 2.05) is 0 Å². The average Bonchev–Trinajstić information content (AvgIpc) is 1.38. The van der Waals surface area contributed by atoms with Gasteiger partial charge in [-0.3, -0.25) is 0 Å². The average molecular weight is 391 g/mol. The van der Waals surface area contributed by atoms with Crippen molar-refractivity contribution in [2.75, 3.05) is 0 Å². The van der Waals surface area contributed by atoms with Crippen LogP contribution in [0.5, 0.6) is 0 Å². The van der Waals surface area contributed by atoms with Gasteiger partial charge in [0.25, 0.3) is 0 Å². The first-order valence-electron chi connectivity index (χ1n) is 1.92. The van der Waals surface area contributed by atoms with Crippen molar-refractivity contribution in [2.24, 2.45) is 5.92 Å². The summed E-state index contributed by atoms with van der Waals surface area (Å²) in [4.78, 5) is 0. The summed E-state index contributed by atoms with van der Waals surface area (Å²) in [6.45, 7) is 4.49. The van der Waals surface area contributed by atoms with Crippen LogP contribution in [-0.2, 0) is 24.7 Å². The van der Waals surface area contributed by atoms with Crippen molar-refractivity contribution in [3.8, 4) is 0 Å². The van der Waals surface area contributed by atoms with Gasteiger partial charge in [0.1, 0.15) is 0 Å². The van der Waals surface area contributed by atoms with Crippen LogP contribution < -0.4 is 0 Å². The summed E-state index contributed by atoms with van der Waals surface area (Å²) in [6.07, 6.45) is 0. The van der Waals surface area contributed by atoms with Crippen molar-refractivity contribution >= 4 is 50.9 Å². The van der Waals surface area contributed by atoms with Crippen molar-refractivity contribution in [1.82, 2.24) is 0 Å². The van der Waals surface area contributed by atoms with Crippen LogP contribution in [0.2, 0.25) is 4.13 Å². The molecule has 0 heterocycles. The Kier molecular flexibility index (Phi) is 45.3. The Hall–Kier alpha value is 2.32. The normalized spacial score (nSPS) is 5.75. The second-order valence-corrected chi connectivity index (χ2v) is 2.60. The van der Waals surface area contributed by atoms with Crippen LogP contribution >= 0.6 is 50.9 Å². The predicted molar refractivity (Wildman–Crippen MR) is 50.6 cm³/mol. The Bertz CT molecular complexity index is 25.2. The van der Waals surface area contributed by atoms with Gasteiger partial charge >= 0.3 is 48.6 Å². The van der Waals surface area contributed by atoms with Gasteiger partial charge in [-0.05, 0) is 0 Å².